The Morgan fingerprint density at radius 1 is 1.10 bits per heavy atom. The Balaban J connectivity index is 2.00. The molecule has 7 nitrogen and oxygen atoms in total. The Morgan fingerprint density at radius 3 is 2.41 bits per heavy atom. The van der Waals surface area contributed by atoms with Crippen molar-refractivity contribution < 1.29 is 19.1 Å². The van der Waals surface area contributed by atoms with Crippen LogP contribution in [0, 0.1) is 0 Å². The average Bonchev–Trinajstić information content (AvgIpc) is 2.74. The molecule has 2 aromatic rings. The normalized spacial score (nSPS) is 16.0. The second-order valence-electron chi connectivity index (χ2n) is 6.61. The van der Waals surface area contributed by atoms with E-state index < -0.39 is 12.0 Å². The van der Waals surface area contributed by atoms with Crippen LogP contribution in [0.15, 0.2) is 65.9 Å². The molecule has 2 amide bonds. The molecule has 1 atom stereocenters. The number of ether oxygens (including phenoxy) is 2. The van der Waals surface area contributed by atoms with Crippen LogP contribution < -0.4 is 20.3 Å². The summed E-state index contributed by atoms with van der Waals surface area (Å²) in [5.74, 6) is 0.233. The number of hydrogen-bond acceptors (Lipinski definition) is 5. The number of carbonyl (C=O) groups is 2. The first kappa shape index (κ1) is 20.3. The molecule has 1 aliphatic rings. The largest absolute Gasteiger partial charge is 0.497 e. The molecule has 7 heteroatoms. The van der Waals surface area contributed by atoms with Crippen LogP contribution in [-0.2, 0) is 9.53 Å². The van der Waals surface area contributed by atoms with Crippen molar-refractivity contribution in [2.45, 2.75) is 13.0 Å². The predicted octanol–water partition coefficient (Wildman–Crippen LogP) is 3.00. The highest BCUT2D eigenvalue weighted by molar-refractivity contribution is 5.95. The van der Waals surface area contributed by atoms with Crippen LogP contribution in [0.1, 0.15) is 18.5 Å². The number of anilines is 1. The lowest BCUT2D eigenvalue weighted by atomic mass is 9.95. The lowest BCUT2D eigenvalue weighted by Gasteiger charge is -2.31. The minimum absolute atomic E-state index is 0.243. The molecule has 152 valence electrons. The van der Waals surface area contributed by atoms with Gasteiger partial charge in [-0.3, -0.25) is 0 Å². The van der Waals surface area contributed by atoms with Crippen LogP contribution in [0.4, 0.5) is 10.5 Å². The van der Waals surface area contributed by atoms with E-state index in [1.54, 1.807) is 26.2 Å². The number of nitrogens with zero attached hydrogens (tertiary/aromatic N) is 1. The standard InChI is InChI=1S/C22H25N3O4/c1-4-29-21(26)19-18(14-25(2)16-8-6-5-7-9-16)23-22(27)24-20(19)15-10-12-17(28-3)13-11-15/h5-13,20H,4,14H2,1-3H3,(H2,23,24,27). The molecule has 2 N–H and O–H groups in total. The number of likely N-dealkylation sites (N-methyl/N-ethyl adjacent to an activating group) is 1. The minimum atomic E-state index is -0.618. The van der Waals surface area contributed by atoms with Gasteiger partial charge in [0.25, 0.3) is 0 Å². The van der Waals surface area contributed by atoms with Gasteiger partial charge >= 0.3 is 12.0 Å². The highest BCUT2D eigenvalue weighted by Gasteiger charge is 2.34. The fourth-order valence-corrected chi connectivity index (χ4v) is 3.25. The van der Waals surface area contributed by atoms with E-state index >= 15 is 0 Å². The Morgan fingerprint density at radius 2 is 1.79 bits per heavy atom. The quantitative estimate of drug-likeness (QED) is 0.705. The molecule has 1 unspecified atom stereocenters. The van der Waals surface area contributed by atoms with Crippen LogP contribution in [0.2, 0.25) is 0 Å². The summed E-state index contributed by atoms with van der Waals surface area (Å²) in [6.45, 7) is 2.34. The van der Waals surface area contributed by atoms with Gasteiger partial charge in [-0.1, -0.05) is 30.3 Å². The van der Waals surface area contributed by atoms with Crippen molar-refractivity contribution in [1.82, 2.24) is 10.6 Å². The molecule has 0 radical (unpaired) electrons. The SMILES string of the molecule is CCOC(=O)C1=C(CN(C)c2ccccc2)NC(=O)NC1c1ccc(OC)cc1. The number of urea groups is 1. The van der Waals surface area contributed by atoms with Crippen LogP contribution in [-0.4, -0.2) is 39.3 Å². The number of para-hydroxylation sites is 1. The van der Waals surface area contributed by atoms with E-state index in [9.17, 15) is 9.59 Å². The summed E-state index contributed by atoms with van der Waals surface area (Å²) < 4.78 is 10.5. The smallest absolute Gasteiger partial charge is 0.338 e. The van der Waals surface area contributed by atoms with Gasteiger partial charge in [-0.2, -0.15) is 0 Å². The second kappa shape index (κ2) is 9.14. The molecule has 0 saturated carbocycles. The fraction of sp³-hybridized carbons (Fsp3) is 0.273. The number of esters is 1. The lowest BCUT2D eigenvalue weighted by Crippen LogP contribution is -2.48. The van der Waals surface area contributed by atoms with Crippen molar-refractivity contribution in [2.75, 3.05) is 32.2 Å². The van der Waals surface area contributed by atoms with Gasteiger partial charge in [0, 0.05) is 12.7 Å². The third kappa shape index (κ3) is 4.68. The third-order valence-electron chi connectivity index (χ3n) is 4.69. The number of rotatable bonds is 7. The summed E-state index contributed by atoms with van der Waals surface area (Å²) in [4.78, 5) is 27.2. The molecule has 0 bridgehead atoms. The molecule has 2 aromatic carbocycles. The van der Waals surface area contributed by atoms with E-state index in [4.69, 9.17) is 9.47 Å². The molecule has 0 saturated heterocycles. The van der Waals surface area contributed by atoms with E-state index in [2.05, 4.69) is 10.6 Å². The zero-order valence-corrected chi connectivity index (χ0v) is 16.8. The molecule has 0 aromatic heterocycles. The lowest BCUT2D eigenvalue weighted by molar-refractivity contribution is -0.139. The van der Waals surface area contributed by atoms with Crippen molar-refractivity contribution in [2.24, 2.45) is 0 Å². The third-order valence-corrected chi connectivity index (χ3v) is 4.69. The van der Waals surface area contributed by atoms with Crippen molar-refractivity contribution in [3.05, 3.63) is 71.4 Å². The van der Waals surface area contributed by atoms with E-state index in [0.29, 0.717) is 23.6 Å². The maximum Gasteiger partial charge on any atom is 0.338 e. The fourth-order valence-electron chi connectivity index (χ4n) is 3.25. The Bertz CT molecular complexity index is 894. The van der Waals surface area contributed by atoms with E-state index in [1.165, 1.54) is 0 Å². The summed E-state index contributed by atoms with van der Waals surface area (Å²) in [7, 11) is 3.49. The maximum absolute atomic E-state index is 12.8. The van der Waals surface area contributed by atoms with Crippen molar-refractivity contribution in [1.29, 1.82) is 0 Å². The Hall–Kier alpha value is -3.48. The summed E-state index contributed by atoms with van der Waals surface area (Å²) in [5, 5.41) is 5.63. The number of hydrogen-bond donors (Lipinski definition) is 2. The van der Waals surface area contributed by atoms with Gasteiger partial charge in [-0.05, 0) is 36.8 Å². The van der Waals surface area contributed by atoms with E-state index in [0.717, 1.165) is 11.3 Å². The maximum atomic E-state index is 12.8. The number of nitrogens with one attached hydrogen (secondary N) is 2. The van der Waals surface area contributed by atoms with Crippen molar-refractivity contribution in [3.8, 4) is 5.75 Å². The number of carbonyl (C=O) groups excluding carboxylic acids is 2. The number of benzene rings is 2. The van der Waals surface area contributed by atoms with Gasteiger partial charge in [-0.25, -0.2) is 9.59 Å². The van der Waals surface area contributed by atoms with Gasteiger partial charge in [0.1, 0.15) is 5.75 Å². The first-order chi connectivity index (χ1) is 14.0. The zero-order valence-electron chi connectivity index (χ0n) is 16.8. The number of methoxy groups -OCH3 is 1. The Kier molecular flexibility index (Phi) is 6.39. The summed E-state index contributed by atoms with van der Waals surface area (Å²) in [5.41, 5.74) is 2.64. The molecule has 0 spiro atoms. The summed E-state index contributed by atoms with van der Waals surface area (Å²) in [6.07, 6.45) is 0. The zero-order chi connectivity index (χ0) is 20.8. The molecular formula is C22H25N3O4. The molecular weight excluding hydrogens is 370 g/mol. The first-order valence-corrected chi connectivity index (χ1v) is 9.41. The van der Waals surface area contributed by atoms with Crippen LogP contribution in [0.5, 0.6) is 5.75 Å². The summed E-state index contributed by atoms with van der Waals surface area (Å²) in [6, 6.07) is 16.0. The topological polar surface area (TPSA) is 79.9 Å². The molecule has 1 aliphatic heterocycles. The van der Waals surface area contributed by atoms with Gasteiger partial charge in [-0.15, -0.1) is 0 Å². The highest BCUT2D eigenvalue weighted by Crippen LogP contribution is 2.29. The minimum Gasteiger partial charge on any atom is -0.497 e. The van der Waals surface area contributed by atoms with Gasteiger partial charge in [0.2, 0.25) is 0 Å². The Labute approximate surface area is 170 Å². The van der Waals surface area contributed by atoms with Gasteiger partial charge in [0.15, 0.2) is 0 Å². The summed E-state index contributed by atoms with van der Waals surface area (Å²) >= 11 is 0. The van der Waals surface area contributed by atoms with Crippen molar-refractivity contribution in [3.63, 3.8) is 0 Å². The van der Waals surface area contributed by atoms with Crippen molar-refractivity contribution >= 4 is 17.7 Å². The monoisotopic (exact) mass is 395 g/mol. The van der Waals surface area contributed by atoms with E-state index in [1.807, 2.05) is 54.4 Å². The predicted molar refractivity (Wildman–Crippen MR) is 111 cm³/mol. The molecule has 1 heterocycles. The average molecular weight is 395 g/mol. The van der Waals surface area contributed by atoms with Crippen LogP contribution in [0.25, 0.3) is 0 Å². The molecule has 29 heavy (non-hydrogen) atoms. The highest BCUT2D eigenvalue weighted by atomic mass is 16.5. The van der Waals surface area contributed by atoms with Crippen LogP contribution in [0.3, 0.4) is 0 Å². The number of amides is 2. The van der Waals surface area contributed by atoms with Gasteiger partial charge < -0.3 is 25.0 Å². The van der Waals surface area contributed by atoms with Crippen LogP contribution >= 0.6 is 0 Å². The first-order valence-electron chi connectivity index (χ1n) is 9.41. The second-order valence-corrected chi connectivity index (χ2v) is 6.61. The van der Waals surface area contributed by atoms with Gasteiger partial charge in [0.05, 0.1) is 37.6 Å². The molecule has 0 aliphatic carbocycles. The van der Waals surface area contributed by atoms with E-state index in [-0.39, 0.29) is 12.6 Å². The molecule has 3 rings (SSSR count). The molecule has 0 fully saturated rings.